The van der Waals surface area contributed by atoms with Crippen molar-refractivity contribution >= 4 is 51.8 Å². The van der Waals surface area contributed by atoms with Gasteiger partial charge in [-0.3, -0.25) is 29.3 Å². The number of nitrogens with one attached hydrogen (secondary N) is 2. The molecule has 0 radical (unpaired) electrons. The van der Waals surface area contributed by atoms with Crippen molar-refractivity contribution in [3.8, 4) is 0 Å². The van der Waals surface area contributed by atoms with Crippen LogP contribution in [-0.2, 0) is 35.3 Å². The van der Waals surface area contributed by atoms with Gasteiger partial charge in [0.05, 0.1) is 43.5 Å². The molecule has 0 fully saturated rings. The second-order valence-corrected chi connectivity index (χ2v) is 12.1. The van der Waals surface area contributed by atoms with Crippen molar-refractivity contribution in [2.24, 2.45) is 0 Å². The average molecular weight is 617 g/mol. The van der Waals surface area contributed by atoms with Gasteiger partial charge in [-0.05, 0) is 68.7 Å². The molecule has 1 aliphatic rings. The summed E-state index contributed by atoms with van der Waals surface area (Å²) >= 11 is 0. The second-order valence-electron chi connectivity index (χ2n) is 12.1. The van der Waals surface area contributed by atoms with E-state index in [9.17, 15) is 29.1 Å². The monoisotopic (exact) mass is 616 g/mol. The zero-order valence-electron chi connectivity index (χ0n) is 26.3. The molecule has 238 valence electrons. The third-order valence-electron chi connectivity index (χ3n) is 7.52. The zero-order chi connectivity index (χ0) is 32.9. The quantitative estimate of drug-likeness (QED) is 0.293. The molecule has 4 rings (SSSR count). The van der Waals surface area contributed by atoms with Crippen molar-refractivity contribution in [2.45, 2.75) is 71.7 Å². The van der Waals surface area contributed by atoms with Crippen molar-refractivity contribution in [1.82, 2.24) is 10.6 Å². The molecule has 3 aromatic carbocycles. The first-order valence-electron chi connectivity index (χ1n) is 14.9. The van der Waals surface area contributed by atoms with Crippen LogP contribution in [0.3, 0.4) is 0 Å². The van der Waals surface area contributed by atoms with Crippen LogP contribution >= 0.6 is 0 Å². The van der Waals surface area contributed by atoms with Gasteiger partial charge in [0.1, 0.15) is 11.6 Å². The smallest absolute Gasteiger partial charge is 0.320 e. The molecule has 0 aromatic heterocycles. The number of fused-ring (bicyclic) bond motifs is 2. The fourth-order valence-corrected chi connectivity index (χ4v) is 5.26. The number of hydrogen-bond donors (Lipinski definition) is 3. The summed E-state index contributed by atoms with van der Waals surface area (Å²) in [5.41, 5.74) is 2.10. The number of carbonyl (C=O) groups excluding carboxylic acids is 4. The third kappa shape index (κ3) is 8.24. The van der Waals surface area contributed by atoms with E-state index in [4.69, 9.17) is 4.74 Å². The Bertz CT molecular complexity index is 1610. The van der Waals surface area contributed by atoms with E-state index in [1.54, 1.807) is 56.9 Å². The summed E-state index contributed by atoms with van der Waals surface area (Å²) in [4.78, 5) is 67.6. The lowest BCUT2D eigenvalue weighted by Crippen LogP contribution is -2.56. The van der Waals surface area contributed by atoms with Gasteiger partial charge in [0, 0.05) is 6.42 Å². The van der Waals surface area contributed by atoms with Crippen LogP contribution < -0.4 is 20.4 Å². The zero-order valence-corrected chi connectivity index (χ0v) is 26.3. The topological polar surface area (TPSA) is 145 Å². The first kappa shape index (κ1) is 33.1. The summed E-state index contributed by atoms with van der Waals surface area (Å²) in [6.07, 6.45) is -0.665. The van der Waals surface area contributed by atoms with Gasteiger partial charge in [0.25, 0.3) is 5.91 Å². The molecule has 11 nitrogen and oxygen atoms in total. The molecule has 0 unspecified atom stereocenters. The van der Waals surface area contributed by atoms with Crippen LogP contribution in [0.2, 0.25) is 0 Å². The van der Waals surface area contributed by atoms with Crippen LogP contribution in [0.4, 0.5) is 11.4 Å². The highest BCUT2D eigenvalue weighted by Crippen LogP contribution is 2.36. The Hall–Kier alpha value is -4.77. The molecule has 0 saturated heterocycles. The maximum atomic E-state index is 14.4. The number of carboxylic acids is 1. The van der Waals surface area contributed by atoms with Crippen molar-refractivity contribution < 1.29 is 33.8 Å². The van der Waals surface area contributed by atoms with Gasteiger partial charge >= 0.3 is 11.9 Å². The highest BCUT2D eigenvalue weighted by atomic mass is 16.6. The Kier molecular flexibility index (Phi) is 10.2. The van der Waals surface area contributed by atoms with Crippen molar-refractivity contribution in [3.05, 3.63) is 71.8 Å². The molecule has 11 heteroatoms. The van der Waals surface area contributed by atoms with Gasteiger partial charge in [-0.2, -0.15) is 0 Å². The first-order valence-corrected chi connectivity index (χ1v) is 14.9. The Morgan fingerprint density at radius 2 is 1.64 bits per heavy atom. The Labute approximate surface area is 262 Å². The Morgan fingerprint density at radius 1 is 0.978 bits per heavy atom. The van der Waals surface area contributed by atoms with Gasteiger partial charge < -0.3 is 25.0 Å². The molecular formula is C34H40N4O7. The van der Waals surface area contributed by atoms with Gasteiger partial charge in [0.2, 0.25) is 11.8 Å². The standard InChI is InChI=1S/C34H40N4O7/c1-21-14-15-23-10-6-7-11-24(23)25(21)19-38-28-13-9-8-12-27(28)37(29(39)16-17-30(40)41)20-26(33(38)44)36-32(43)22(2)35-18-31(42)45-34(3,4)5/h6-15,22,26,35H,16-20H2,1-5H3,(H,36,43)(H,40,41)/t22-,26-/m0/s1. The summed E-state index contributed by atoms with van der Waals surface area (Å²) < 4.78 is 5.30. The van der Waals surface area contributed by atoms with Crippen molar-refractivity contribution in [3.63, 3.8) is 0 Å². The summed E-state index contributed by atoms with van der Waals surface area (Å²) in [5, 5.41) is 16.8. The first-order chi connectivity index (χ1) is 21.2. The highest BCUT2D eigenvalue weighted by Gasteiger charge is 2.37. The van der Waals surface area contributed by atoms with E-state index in [0.29, 0.717) is 11.4 Å². The predicted octanol–water partition coefficient (Wildman–Crippen LogP) is 3.70. The summed E-state index contributed by atoms with van der Waals surface area (Å²) in [7, 11) is 0. The number of aryl methyl sites for hydroxylation is 1. The van der Waals surface area contributed by atoms with Crippen molar-refractivity contribution in [2.75, 3.05) is 22.9 Å². The molecule has 1 heterocycles. The number of carbonyl (C=O) groups is 5. The number of para-hydroxylation sites is 2. The number of esters is 1. The number of aliphatic carboxylic acids is 1. The van der Waals surface area contributed by atoms with Gasteiger partial charge in [0.15, 0.2) is 0 Å². The van der Waals surface area contributed by atoms with E-state index in [-0.39, 0.29) is 32.5 Å². The molecule has 2 atom stereocenters. The molecular weight excluding hydrogens is 576 g/mol. The number of carboxylic acid groups (broad SMARTS) is 1. The molecule has 45 heavy (non-hydrogen) atoms. The van der Waals surface area contributed by atoms with Crippen LogP contribution in [0, 0.1) is 6.92 Å². The molecule has 1 aliphatic heterocycles. The van der Waals surface area contributed by atoms with E-state index < -0.39 is 47.3 Å². The SMILES string of the molecule is Cc1ccc2ccccc2c1CN1C(=O)[C@@H](NC(=O)[C@H](C)NCC(=O)OC(C)(C)C)CN(C(=O)CCC(=O)O)c2ccccc21. The van der Waals surface area contributed by atoms with Crippen LogP contribution in [0.25, 0.3) is 10.8 Å². The molecule has 0 saturated carbocycles. The number of benzene rings is 3. The maximum absolute atomic E-state index is 14.4. The summed E-state index contributed by atoms with van der Waals surface area (Å²) in [5.74, 6) is -3.13. The number of hydrogen-bond acceptors (Lipinski definition) is 7. The van der Waals surface area contributed by atoms with E-state index >= 15 is 0 Å². The van der Waals surface area contributed by atoms with E-state index in [0.717, 1.165) is 21.9 Å². The summed E-state index contributed by atoms with van der Waals surface area (Å²) in [6.45, 7) is 8.49. The molecule has 3 amide bonds. The van der Waals surface area contributed by atoms with Gasteiger partial charge in [-0.1, -0.05) is 48.5 Å². The minimum absolute atomic E-state index is 0.166. The largest absolute Gasteiger partial charge is 0.481 e. The fraction of sp³-hybridized carbons (Fsp3) is 0.382. The Balaban J connectivity index is 1.68. The predicted molar refractivity (Wildman–Crippen MR) is 171 cm³/mol. The van der Waals surface area contributed by atoms with E-state index in [1.165, 1.54) is 4.90 Å². The highest BCUT2D eigenvalue weighted by molar-refractivity contribution is 6.08. The van der Waals surface area contributed by atoms with Gasteiger partial charge in [-0.25, -0.2) is 0 Å². The molecule has 3 N–H and O–H groups in total. The minimum Gasteiger partial charge on any atom is -0.481 e. The molecule has 3 aromatic rings. The minimum atomic E-state index is -1.17. The van der Waals surface area contributed by atoms with Crippen LogP contribution in [0.5, 0.6) is 0 Å². The van der Waals surface area contributed by atoms with Crippen molar-refractivity contribution in [1.29, 1.82) is 0 Å². The lowest BCUT2D eigenvalue weighted by atomic mass is 9.99. The maximum Gasteiger partial charge on any atom is 0.320 e. The lowest BCUT2D eigenvalue weighted by Gasteiger charge is -2.27. The fourth-order valence-electron chi connectivity index (χ4n) is 5.26. The van der Waals surface area contributed by atoms with Crippen LogP contribution in [-0.4, -0.2) is 65.5 Å². The number of nitrogens with zero attached hydrogens (tertiary/aromatic N) is 2. The van der Waals surface area contributed by atoms with Gasteiger partial charge in [-0.15, -0.1) is 0 Å². The normalized spacial score (nSPS) is 15.7. The molecule has 0 spiro atoms. The average Bonchev–Trinajstić information content (AvgIpc) is 3.09. The van der Waals surface area contributed by atoms with E-state index in [1.807, 2.05) is 43.3 Å². The molecule has 0 aliphatic carbocycles. The number of ether oxygens (including phenoxy) is 1. The molecule has 0 bridgehead atoms. The number of rotatable bonds is 10. The third-order valence-corrected chi connectivity index (χ3v) is 7.52. The van der Waals surface area contributed by atoms with Crippen LogP contribution in [0.1, 0.15) is 51.7 Å². The Morgan fingerprint density at radius 3 is 2.33 bits per heavy atom. The second kappa shape index (κ2) is 13.9. The summed E-state index contributed by atoms with van der Waals surface area (Å²) in [6, 6.07) is 16.8. The number of anilines is 2. The van der Waals surface area contributed by atoms with Crippen LogP contribution in [0.15, 0.2) is 60.7 Å². The number of amides is 3. The lowest BCUT2D eigenvalue weighted by molar-refractivity contribution is -0.153. The van der Waals surface area contributed by atoms with E-state index in [2.05, 4.69) is 10.6 Å².